The van der Waals surface area contributed by atoms with Gasteiger partial charge in [-0.15, -0.1) is 0 Å². The first-order valence-corrected chi connectivity index (χ1v) is 9.24. The minimum atomic E-state index is -0.762. The molecule has 2 N–H and O–H groups in total. The fourth-order valence-electron chi connectivity index (χ4n) is 2.57. The lowest BCUT2D eigenvalue weighted by Gasteiger charge is -2.12. The number of aldehydes is 1. The number of carboxylic acid groups (broad SMARTS) is 1. The molecule has 0 aliphatic rings. The van der Waals surface area contributed by atoms with Gasteiger partial charge in [0.25, 0.3) is 0 Å². The molecule has 2 aromatic rings. The molecule has 158 valence electrons. The fraction of sp³-hybridized carbons (Fsp3) is 0.364. The molecule has 0 spiro atoms. The highest BCUT2D eigenvalue weighted by atomic mass is 16.5. The Morgan fingerprint density at radius 2 is 1.72 bits per heavy atom. The van der Waals surface area contributed by atoms with Gasteiger partial charge in [-0.05, 0) is 55.7 Å². The molecule has 1 unspecified atom stereocenters. The summed E-state index contributed by atoms with van der Waals surface area (Å²) in [7, 11) is 3.14. The second kappa shape index (κ2) is 12.3. The first-order valence-electron chi connectivity index (χ1n) is 9.24. The zero-order valence-corrected chi connectivity index (χ0v) is 17.2. The zero-order valence-electron chi connectivity index (χ0n) is 17.2. The van der Waals surface area contributed by atoms with Gasteiger partial charge >= 0.3 is 5.97 Å². The highest BCUT2D eigenvalue weighted by Crippen LogP contribution is 2.29. The molecule has 0 radical (unpaired) electrons. The number of phenols is 1. The van der Waals surface area contributed by atoms with E-state index in [1.165, 1.54) is 18.2 Å². The van der Waals surface area contributed by atoms with Crippen molar-refractivity contribution in [3.63, 3.8) is 0 Å². The minimum absolute atomic E-state index is 0.0578. The van der Waals surface area contributed by atoms with Crippen LogP contribution in [0.15, 0.2) is 36.4 Å². The maximum Gasteiger partial charge on any atom is 0.306 e. The molecule has 2 rings (SSSR count). The Morgan fingerprint density at radius 1 is 1.03 bits per heavy atom. The molecule has 2 aromatic carbocycles. The van der Waals surface area contributed by atoms with Crippen molar-refractivity contribution in [3.8, 4) is 23.0 Å². The molecule has 0 fully saturated rings. The van der Waals surface area contributed by atoms with E-state index in [1.807, 2.05) is 26.0 Å². The number of hydrogen-bond acceptors (Lipinski definition) is 6. The van der Waals surface area contributed by atoms with E-state index in [-0.39, 0.29) is 11.7 Å². The van der Waals surface area contributed by atoms with Crippen LogP contribution in [-0.4, -0.2) is 43.3 Å². The molecule has 0 saturated heterocycles. The summed E-state index contributed by atoms with van der Waals surface area (Å²) in [5, 5.41) is 18.2. The van der Waals surface area contributed by atoms with E-state index < -0.39 is 5.97 Å². The molecule has 0 saturated carbocycles. The third kappa shape index (κ3) is 7.37. The number of phenolic OH excluding ortho intramolecular Hbond substituents is 1. The Kier molecular flexibility index (Phi) is 10.1. The van der Waals surface area contributed by atoms with E-state index >= 15 is 0 Å². The van der Waals surface area contributed by atoms with Crippen molar-refractivity contribution < 1.29 is 34.0 Å². The summed E-state index contributed by atoms with van der Waals surface area (Å²) in [4.78, 5) is 21.3. The predicted octanol–water partition coefficient (Wildman–Crippen LogP) is 3.96. The van der Waals surface area contributed by atoms with Crippen LogP contribution in [0.3, 0.4) is 0 Å². The highest BCUT2D eigenvalue weighted by Gasteiger charge is 2.16. The van der Waals surface area contributed by atoms with Crippen molar-refractivity contribution in [1.82, 2.24) is 0 Å². The van der Waals surface area contributed by atoms with Crippen LogP contribution >= 0.6 is 0 Å². The van der Waals surface area contributed by atoms with Crippen molar-refractivity contribution in [1.29, 1.82) is 0 Å². The standard InChI is InChI=1S/C13H18O4.C9H10O3/c1-4-10(13(14)15)7-9-5-6-11(16-2)12(8-9)17-3;1-2-12-9-5-7(6-10)3-4-8(9)11/h5-6,8,10H,4,7H2,1-3H3,(H,14,15);3-6,11H,2H2,1H3. The van der Waals surface area contributed by atoms with Crippen LogP contribution in [-0.2, 0) is 11.2 Å². The predicted molar refractivity (Wildman–Crippen MR) is 109 cm³/mol. The molecule has 0 bridgehead atoms. The third-order valence-electron chi connectivity index (χ3n) is 4.19. The summed E-state index contributed by atoms with van der Waals surface area (Å²) >= 11 is 0. The number of ether oxygens (including phenoxy) is 3. The molecule has 7 heteroatoms. The molecular weight excluding hydrogens is 376 g/mol. The second-order valence-electron chi connectivity index (χ2n) is 6.11. The number of rotatable bonds is 9. The lowest BCUT2D eigenvalue weighted by Crippen LogP contribution is -2.15. The van der Waals surface area contributed by atoms with Gasteiger partial charge in [0.05, 0.1) is 26.7 Å². The van der Waals surface area contributed by atoms with Crippen LogP contribution in [0.4, 0.5) is 0 Å². The van der Waals surface area contributed by atoms with Gasteiger partial charge in [0, 0.05) is 5.56 Å². The maximum absolute atomic E-state index is 11.0. The van der Waals surface area contributed by atoms with E-state index in [0.717, 1.165) is 5.56 Å². The Hall–Kier alpha value is -3.22. The number of carbonyl (C=O) groups excluding carboxylic acids is 1. The number of carbonyl (C=O) groups is 2. The largest absolute Gasteiger partial charge is 0.504 e. The van der Waals surface area contributed by atoms with Crippen molar-refractivity contribution in [2.24, 2.45) is 5.92 Å². The number of aliphatic carboxylic acids is 1. The summed E-state index contributed by atoms with van der Waals surface area (Å²) in [5.74, 6) is 0.574. The monoisotopic (exact) mass is 404 g/mol. The first kappa shape index (κ1) is 23.8. The number of carboxylic acids is 1. The Labute approximate surface area is 170 Å². The van der Waals surface area contributed by atoms with E-state index in [0.29, 0.717) is 48.5 Å². The smallest absolute Gasteiger partial charge is 0.306 e. The van der Waals surface area contributed by atoms with Gasteiger partial charge in [-0.2, -0.15) is 0 Å². The Morgan fingerprint density at radius 3 is 2.24 bits per heavy atom. The van der Waals surface area contributed by atoms with Gasteiger partial charge in [-0.1, -0.05) is 13.0 Å². The van der Waals surface area contributed by atoms with Crippen LogP contribution in [0.2, 0.25) is 0 Å². The third-order valence-corrected chi connectivity index (χ3v) is 4.19. The van der Waals surface area contributed by atoms with Crippen LogP contribution in [0.5, 0.6) is 23.0 Å². The van der Waals surface area contributed by atoms with Crippen molar-refractivity contribution in [2.75, 3.05) is 20.8 Å². The SMILES string of the molecule is CCC(Cc1ccc(OC)c(OC)c1)C(=O)O.CCOc1cc(C=O)ccc1O. The second-order valence-corrected chi connectivity index (χ2v) is 6.11. The van der Waals surface area contributed by atoms with E-state index in [2.05, 4.69) is 0 Å². The lowest BCUT2D eigenvalue weighted by molar-refractivity contribution is -0.141. The number of methoxy groups -OCH3 is 2. The van der Waals surface area contributed by atoms with E-state index in [1.54, 1.807) is 20.3 Å². The molecule has 0 aliphatic heterocycles. The zero-order chi connectivity index (χ0) is 21.8. The number of aromatic hydroxyl groups is 1. The highest BCUT2D eigenvalue weighted by molar-refractivity contribution is 5.76. The Balaban J connectivity index is 0.000000308. The summed E-state index contributed by atoms with van der Waals surface area (Å²) in [6, 6.07) is 9.96. The van der Waals surface area contributed by atoms with E-state index in [4.69, 9.17) is 19.3 Å². The van der Waals surface area contributed by atoms with Gasteiger partial charge in [-0.25, -0.2) is 0 Å². The van der Waals surface area contributed by atoms with E-state index in [9.17, 15) is 14.7 Å². The molecule has 0 heterocycles. The van der Waals surface area contributed by atoms with Crippen LogP contribution < -0.4 is 14.2 Å². The van der Waals surface area contributed by atoms with Gasteiger partial charge in [0.1, 0.15) is 6.29 Å². The minimum Gasteiger partial charge on any atom is -0.504 e. The molecule has 0 amide bonds. The van der Waals surface area contributed by atoms with Gasteiger partial charge in [0.15, 0.2) is 23.0 Å². The fourth-order valence-corrected chi connectivity index (χ4v) is 2.57. The van der Waals surface area contributed by atoms with Crippen LogP contribution in [0.1, 0.15) is 36.2 Å². The van der Waals surface area contributed by atoms with Gasteiger partial charge < -0.3 is 24.4 Å². The average Bonchev–Trinajstić information content (AvgIpc) is 2.73. The molecule has 0 aliphatic carbocycles. The topological polar surface area (TPSA) is 102 Å². The van der Waals surface area contributed by atoms with Gasteiger partial charge in [-0.3, -0.25) is 9.59 Å². The molecule has 1 atom stereocenters. The summed E-state index contributed by atoms with van der Waals surface area (Å²) in [6.07, 6.45) is 1.83. The van der Waals surface area contributed by atoms with Crippen molar-refractivity contribution >= 4 is 12.3 Å². The average molecular weight is 404 g/mol. The number of hydrogen-bond donors (Lipinski definition) is 2. The quantitative estimate of drug-likeness (QED) is 0.610. The van der Waals surface area contributed by atoms with Crippen molar-refractivity contribution in [3.05, 3.63) is 47.5 Å². The molecule has 29 heavy (non-hydrogen) atoms. The van der Waals surface area contributed by atoms with Gasteiger partial charge in [0.2, 0.25) is 0 Å². The summed E-state index contributed by atoms with van der Waals surface area (Å²) < 4.78 is 15.4. The summed E-state index contributed by atoms with van der Waals surface area (Å²) in [5.41, 5.74) is 1.44. The summed E-state index contributed by atoms with van der Waals surface area (Å²) in [6.45, 7) is 4.16. The first-order chi connectivity index (χ1) is 13.9. The van der Waals surface area contributed by atoms with Crippen LogP contribution in [0.25, 0.3) is 0 Å². The number of benzene rings is 2. The normalized spacial score (nSPS) is 10.9. The molecular formula is C22H28O7. The molecule has 0 aromatic heterocycles. The Bertz CT molecular complexity index is 802. The van der Waals surface area contributed by atoms with Crippen LogP contribution in [0, 0.1) is 5.92 Å². The maximum atomic E-state index is 11.0. The molecule has 7 nitrogen and oxygen atoms in total. The lowest BCUT2D eigenvalue weighted by atomic mass is 9.97. The van der Waals surface area contributed by atoms with Crippen molar-refractivity contribution in [2.45, 2.75) is 26.7 Å².